The Bertz CT molecular complexity index is 402. The summed E-state index contributed by atoms with van der Waals surface area (Å²) < 4.78 is 14.2. The minimum absolute atomic E-state index is 0.266. The average Bonchev–Trinajstić information content (AvgIpc) is 2.71. The van der Waals surface area contributed by atoms with Crippen LogP contribution >= 0.6 is 27.7 Å². The summed E-state index contributed by atoms with van der Waals surface area (Å²) in [6.07, 6.45) is 1.08. The van der Waals surface area contributed by atoms with Crippen LogP contribution in [0.4, 0.5) is 10.1 Å². The highest BCUT2D eigenvalue weighted by atomic mass is 79.9. The number of para-hydroxylation sites is 1. The summed E-state index contributed by atoms with van der Waals surface area (Å²) in [6, 6.07) is 4.91. The highest BCUT2D eigenvalue weighted by Gasteiger charge is 2.19. The number of aliphatic imine (C=N–C) groups is 1. The molecular weight excluding hydrogens is 291 g/mol. The highest BCUT2D eigenvalue weighted by molar-refractivity contribution is 9.10. The van der Waals surface area contributed by atoms with E-state index in [1.165, 1.54) is 6.07 Å². The Morgan fingerprint density at radius 2 is 2.44 bits per heavy atom. The van der Waals surface area contributed by atoms with Crippen LogP contribution in [0, 0.1) is 5.82 Å². The zero-order valence-corrected chi connectivity index (χ0v) is 11.2. The topological polar surface area (TPSA) is 24.4 Å². The van der Waals surface area contributed by atoms with Gasteiger partial charge in [0.15, 0.2) is 5.17 Å². The lowest BCUT2D eigenvalue weighted by Gasteiger charge is -2.09. The first-order chi connectivity index (χ1) is 7.70. The maximum absolute atomic E-state index is 13.5. The lowest BCUT2D eigenvalue weighted by Crippen LogP contribution is -2.08. The molecule has 0 fully saturated rings. The third kappa shape index (κ3) is 2.58. The van der Waals surface area contributed by atoms with Gasteiger partial charge in [0.1, 0.15) is 5.82 Å². The van der Waals surface area contributed by atoms with Crippen LogP contribution in [0.5, 0.6) is 0 Å². The molecule has 0 saturated carbocycles. The molecule has 2 rings (SSSR count). The van der Waals surface area contributed by atoms with E-state index in [0.717, 1.165) is 22.6 Å². The minimum Gasteiger partial charge on any atom is -0.332 e. The number of amidine groups is 1. The summed E-state index contributed by atoms with van der Waals surface area (Å²) in [4.78, 5) is 4.35. The molecule has 16 heavy (non-hydrogen) atoms. The summed E-state index contributed by atoms with van der Waals surface area (Å²) >= 11 is 4.99. The Morgan fingerprint density at radius 1 is 1.62 bits per heavy atom. The normalized spacial score (nSPS) is 19.7. The van der Waals surface area contributed by atoms with Crippen molar-refractivity contribution < 1.29 is 4.39 Å². The molecule has 86 valence electrons. The van der Waals surface area contributed by atoms with Gasteiger partial charge < -0.3 is 5.32 Å². The van der Waals surface area contributed by atoms with Gasteiger partial charge in [0, 0.05) is 9.72 Å². The number of benzene rings is 1. The van der Waals surface area contributed by atoms with Crippen LogP contribution in [0.2, 0.25) is 0 Å². The predicted molar refractivity (Wildman–Crippen MR) is 71.7 cm³/mol. The number of hydrogen-bond donors (Lipinski definition) is 1. The van der Waals surface area contributed by atoms with Crippen LogP contribution in [0.15, 0.2) is 27.7 Å². The molecule has 0 saturated heterocycles. The van der Waals surface area contributed by atoms with Crippen LogP contribution in [-0.2, 0) is 0 Å². The summed E-state index contributed by atoms with van der Waals surface area (Å²) in [5, 5.41) is 4.36. The number of nitrogens with one attached hydrogen (secondary N) is 1. The molecule has 0 bridgehead atoms. The Kier molecular flexibility index (Phi) is 3.86. The first-order valence-electron chi connectivity index (χ1n) is 5.13. The Morgan fingerprint density at radius 3 is 3.06 bits per heavy atom. The second-order valence-electron chi connectivity index (χ2n) is 3.52. The smallest absolute Gasteiger partial charge is 0.161 e. The largest absolute Gasteiger partial charge is 0.332 e. The van der Waals surface area contributed by atoms with Gasteiger partial charge in [0.05, 0.1) is 12.2 Å². The Balaban J connectivity index is 2.11. The van der Waals surface area contributed by atoms with Crippen LogP contribution < -0.4 is 5.32 Å². The van der Waals surface area contributed by atoms with E-state index in [-0.39, 0.29) is 5.82 Å². The molecule has 0 amide bonds. The number of hydrogen-bond acceptors (Lipinski definition) is 3. The van der Waals surface area contributed by atoms with Gasteiger partial charge in [-0.3, -0.25) is 4.99 Å². The molecule has 1 aliphatic heterocycles. The standard InChI is InChI=1S/C11H12BrFN2S/c1-2-7-6-14-11(16-7)15-10-8(12)4-3-5-9(10)13/h3-5,7H,2,6H2,1H3,(H,14,15). The number of anilines is 1. The SMILES string of the molecule is CCC1CN=C(Nc2c(F)cccc2Br)S1. The fourth-order valence-corrected chi connectivity index (χ4v) is 2.81. The van der Waals surface area contributed by atoms with Crippen molar-refractivity contribution in [2.75, 3.05) is 11.9 Å². The molecule has 1 aliphatic rings. The Labute approximate surface area is 107 Å². The maximum Gasteiger partial charge on any atom is 0.161 e. The second kappa shape index (κ2) is 5.19. The van der Waals surface area contributed by atoms with Crippen LogP contribution in [0.3, 0.4) is 0 Å². The van der Waals surface area contributed by atoms with Gasteiger partial charge in [-0.05, 0) is 34.5 Å². The van der Waals surface area contributed by atoms with Gasteiger partial charge in [-0.2, -0.15) is 0 Å². The first kappa shape index (κ1) is 11.9. The molecule has 1 heterocycles. The second-order valence-corrected chi connectivity index (χ2v) is 5.66. The van der Waals surface area contributed by atoms with Gasteiger partial charge in [0.25, 0.3) is 0 Å². The molecule has 1 aromatic rings. The number of nitrogens with zero attached hydrogens (tertiary/aromatic N) is 1. The van der Waals surface area contributed by atoms with E-state index in [0.29, 0.717) is 10.9 Å². The molecule has 1 unspecified atom stereocenters. The predicted octanol–water partition coefficient (Wildman–Crippen LogP) is 3.88. The van der Waals surface area contributed by atoms with Crippen molar-refractivity contribution >= 4 is 38.5 Å². The monoisotopic (exact) mass is 302 g/mol. The lowest BCUT2D eigenvalue weighted by atomic mass is 10.3. The zero-order valence-electron chi connectivity index (χ0n) is 8.84. The molecule has 0 aromatic heterocycles. The van der Waals surface area contributed by atoms with E-state index < -0.39 is 0 Å². The van der Waals surface area contributed by atoms with Gasteiger partial charge in [0.2, 0.25) is 0 Å². The Hall–Kier alpha value is -0.550. The molecule has 1 aromatic carbocycles. The minimum atomic E-state index is -0.266. The molecule has 0 radical (unpaired) electrons. The molecular formula is C11H12BrFN2S. The van der Waals surface area contributed by atoms with E-state index in [9.17, 15) is 4.39 Å². The molecule has 5 heteroatoms. The lowest BCUT2D eigenvalue weighted by molar-refractivity contribution is 0.631. The average molecular weight is 303 g/mol. The van der Waals surface area contributed by atoms with E-state index in [1.807, 2.05) is 6.07 Å². The van der Waals surface area contributed by atoms with E-state index >= 15 is 0 Å². The first-order valence-corrected chi connectivity index (χ1v) is 6.80. The van der Waals surface area contributed by atoms with Crippen LogP contribution in [-0.4, -0.2) is 17.0 Å². The van der Waals surface area contributed by atoms with Crippen molar-refractivity contribution in [1.29, 1.82) is 0 Å². The van der Waals surface area contributed by atoms with Gasteiger partial charge in [-0.1, -0.05) is 24.8 Å². The van der Waals surface area contributed by atoms with Gasteiger partial charge >= 0.3 is 0 Å². The molecule has 1 atom stereocenters. The van der Waals surface area contributed by atoms with Crippen molar-refractivity contribution in [2.45, 2.75) is 18.6 Å². The fraction of sp³-hybridized carbons (Fsp3) is 0.364. The van der Waals surface area contributed by atoms with Gasteiger partial charge in [-0.25, -0.2) is 4.39 Å². The van der Waals surface area contributed by atoms with Crippen molar-refractivity contribution in [3.63, 3.8) is 0 Å². The number of thioether (sulfide) groups is 1. The maximum atomic E-state index is 13.5. The van der Waals surface area contributed by atoms with Crippen molar-refractivity contribution in [3.8, 4) is 0 Å². The third-order valence-corrected chi connectivity index (χ3v) is 4.30. The van der Waals surface area contributed by atoms with Crippen molar-refractivity contribution in [2.24, 2.45) is 4.99 Å². The summed E-state index contributed by atoms with van der Waals surface area (Å²) in [6.45, 7) is 2.95. The zero-order chi connectivity index (χ0) is 11.5. The third-order valence-electron chi connectivity index (χ3n) is 2.37. The number of rotatable bonds is 2. The highest BCUT2D eigenvalue weighted by Crippen LogP contribution is 2.29. The van der Waals surface area contributed by atoms with E-state index in [1.54, 1.807) is 17.8 Å². The van der Waals surface area contributed by atoms with Crippen molar-refractivity contribution in [3.05, 3.63) is 28.5 Å². The molecule has 0 spiro atoms. The van der Waals surface area contributed by atoms with E-state index in [2.05, 4.69) is 33.2 Å². The molecule has 1 N–H and O–H groups in total. The number of halogens is 2. The van der Waals surface area contributed by atoms with Crippen LogP contribution in [0.1, 0.15) is 13.3 Å². The summed E-state index contributed by atoms with van der Waals surface area (Å²) in [5.74, 6) is -0.266. The molecule has 0 aliphatic carbocycles. The quantitative estimate of drug-likeness (QED) is 0.896. The fourth-order valence-electron chi connectivity index (χ4n) is 1.42. The van der Waals surface area contributed by atoms with Gasteiger partial charge in [-0.15, -0.1) is 0 Å². The van der Waals surface area contributed by atoms with E-state index in [4.69, 9.17) is 0 Å². The van der Waals surface area contributed by atoms with Crippen LogP contribution in [0.25, 0.3) is 0 Å². The van der Waals surface area contributed by atoms with Crippen molar-refractivity contribution in [1.82, 2.24) is 0 Å². The summed E-state index contributed by atoms with van der Waals surface area (Å²) in [7, 11) is 0. The molecule has 2 nitrogen and oxygen atoms in total. The summed E-state index contributed by atoms with van der Waals surface area (Å²) in [5.41, 5.74) is 0.463.